The Hall–Kier alpha value is -2.37. The maximum Gasteiger partial charge on any atom is 0.418 e. The van der Waals surface area contributed by atoms with E-state index in [1.165, 1.54) is 24.3 Å². The van der Waals surface area contributed by atoms with E-state index in [1.54, 1.807) is 24.3 Å². The first-order valence-corrected chi connectivity index (χ1v) is 5.73. The lowest BCUT2D eigenvalue weighted by Gasteiger charge is -2.13. The largest absolute Gasteiger partial charge is 0.457 e. The summed E-state index contributed by atoms with van der Waals surface area (Å²) in [7, 11) is 0. The molecule has 0 aromatic heterocycles. The van der Waals surface area contributed by atoms with Crippen molar-refractivity contribution in [2.75, 3.05) is 0 Å². The van der Waals surface area contributed by atoms with E-state index in [1.807, 2.05) is 6.07 Å². The van der Waals surface area contributed by atoms with Crippen LogP contribution in [0.3, 0.4) is 0 Å². The van der Waals surface area contributed by atoms with Crippen molar-refractivity contribution in [3.63, 3.8) is 0 Å². The molecule has 3 nitrogen and oxygen atoms in total. The number of benzene rings is 2. The Bertz CT molecular complexity index is 567. The number of nitrogens with zero attached hydrogens (tertiary/aromatic N) is 1. The second-order valence-electron chi connectivity index (χ2n) is 4.03. The SMILES string of the molecule is O=NC(c1ccc(Oc2ccccc2)cc1)C(F)(F)F. The van der Waals surface area contributed by atoms with Crippen molar-refractivity contribution in [3.05, 3.63) is 65.1 Å². The molecule has 1 atom stereocenters. The minimum atomic E-state index is -4.69. The Morgan fingerprint density at radius 2 is 1.45 bits per heavy atom. The normalized spacial score (nSPS) is 12.8. The summed E-state index contributed by atoms with van der Waals surface area (Å²) in [5.74, 6) is 0.952. The van der Waals surface area contributed by atoms with E-state index in [2.05, 4.69) is 5.18 Å². The lowest BCUT2D eigenvalue weighted by Crippen LogP contribution is -2.18. The molecule has 1 unspecified atom stereocenters. The zero-order valence-electron chi connectivity index (χ0n) is 10.2. The zero-order chi connectivity index (χ0) is 14.6. The Morgan fingerprint density at radius 3 is 1.95 bits per heavy atom. The van der Waals surface area contributed by atoms with E-state index >= 15 is 0 Å². The Balaban J connectivity index is 2.16. The van der Waals surface area contributed by atoms with Gasteiger partial charge in [-0.2, -0.15) is 13.2 Å². The van der Waals surface area contributed by atoms with Gasteiger partial charge < -0.3 is 4.74 Å². The predicted molar refractivity (Wildman–Crippen MR) is 67.5 cm³/mol. The van der Waals surface area contributed by atoms with Crippen molar-refractivity contribution in [1.29, 1.82) is 0 Å². The molecule has 0 heterocycles. The minimum absolute atomic E-state index is 0.215. The molecule has 0 saturated heterocycles. The molecule has 0 aliphatic carbocycles. The predicted octanol–water partition coefficient (Wildman–Crippen LogP) is 4.85. The van der Waals surface area contributed by atoms with Crippen LogP contribution in [0.5, 0.6) is 11.5 Å². The van der Waals surface area contributed by atoms with Crippen LogP contribution in [0.1, 0.15) is 11.6 Å². The molecular weight excluding hydrogens is 271 g/mol. The highest BCUT2D eigenvalue weighted by Crippen LogP contribution is 2.36. The van der Waals surface area contributed by atoms with Crippen LogP contribution in [-0.4, -0.2) is 6.18 Å². The van der Waals surface area contributed by atoms with Crippen molar-refractivity contribution in [1.82, 2.24) is 0 Å². The van der Waals surface area contributed by atoms with Crippen molar-refractivity contribution in [2.45, 2.75) is 12.2 Å². The van der Waals surface area contributed by atoms with Gasteiger partial charge in [0.2, 0.25) is 6.04 Å². The van der Waals surface area contributed by atoms with Gasteiger partial charge in [0.05, 0.1) is 0 Å². The molecule has 2 aromatic rings. The monoisotopic (exact) mass is 281 g/mol. The topological polar surface area (TPSA) is 38.7 Å². The molecule has 0 saturated carbocycles. The fourth-order valence-corrected chi connectivity index (χ4v) is 1.65. The van der Waals surface area contributed by atoms with Crippen LogP contribution in [0.15, 0.2) is 59.8 Å². The second-order valence-corrected chi connectivity index (χ2v) is 4.03. The van der Waals surface area contributed by atoms with Crippen LogP contribution in [-0.2, 0) is 0 Å². The Morgan fingerprint density at radius 1 is 0.900 bits per heavy atom. The molecule has 0 spiro atoms. The zero-order valence-corrected chi connectivity index (χ0v) is 10.2. The molecule has 2 aromatic carbocycles. The smallest absolute Gasteiger partial charge is 0.418 e. The lowest BCUT2D eigenvalue weighted by molar-refractivity contribution is -0.148. The molecule has 0 aliphatic heterocycles. The maximum absolute atomic E-state index is 12.5. The molecule has 2 rings (SSSR count). The summed E-state index contributed by atoms with van der Waals surface area (Å²) in [6, 6.07) is 11.6. The second kappa shape index (κ2) is 5.73. The number of nitroso groups, excluding NO2 is 1. The third kappa shape index (κ3) is 3.34. The van der Waals surface area contributed by atoms with Gasteiger partial charge >= 0.3 is 6.18 Å². The number of hydrogen-bond donors (Lipinski definition) is 0. The van der Waals surface area contributed by atoms with E-state index in [-0.39, 0.29) is 5.56 Å². The first-order valence-electron chi connectivity index (χ1n) is 5.73. The lowest BCUT2D eigenvalue weighted by atomic mass is 10.1. The highest BCUT2D eigenvalue weighted by atomic mass is 19.4. The Labute approximate surface area is 113 Å². The van der Waals surface area contributed by atoms with Gasteiger partial charge in [-0.25, -0.2) is 0 Å². The molecule has 6 heteroatoms. The molecule has 0 aliphatic rings. The van der Waals surface area contributed by atoms with Crippen LogP contribution in [0.4, 0.5) is 13.2 Å². The summed E-state index contributed by atoms with van der Waals surface area (Å²) in [6.07, 6.45) is -4.69. The number of alkyl halides is 3. The van der Waals surface area contributed by atoms with Gasteiger partial charge in [-0.1, -0.05) is 35.5 Å². The maximum atomic E-state index is 12.5. The number of ether oxygens (including phenoxy) is 1. The summed E-state index contributed by atoms with van der Waals surface area (Å²) >= 11 is 0. The molecule has 20 heavy (non-hydrogen) atoms. The summed E-state index contributed by atoms with van der Waals surface area (Å²) in [4.78, 5) is 10.3. The van der Waals surface area contributed by atoms with E-state index in [4.69, 9.17) is 4.74 Å². The van der Waals surface area contributed by atoms with Gasteiger partial charge in [-0.3, -0.25) is 0 Å². The van der Waals surface area contributed by atoms with Crippen molar-refractivity contribution < 1.29 is 17.9 Å². The quantitative estimate of drug-likeness (QED) is 0.751. The van der Waals surface area contributed by atoms with Crippen molar-refractivity contribution in [3.8, 4) is 11.5 Å². The average Bonchev–Trinajstić information content (AvgIpc) is 2.41. The fourth-order valence-electron chi connectivity index (χ4n) is 1.65. The molecule has 0 bridgehead atoms. The van der Waals surface area contributed by atoms with Crippen LogP contribution in [0, 0.1) is 4.91 Å². The summed E-state index contributed by atoms with van der Waals surface area (Å²) < 4.78 is 43.0. The van der Waals surface area contributed by atoms with Gasteiger partial charge in [0.1, 0.15) is 11.5 Å². The summed E-state index contributed by atoms with van der Waals surface area (Å²) in [5.41, 5.74) is -0.215. The molecule has 0 N–H and O–H groups in total. The molecule has 0 fully saturated rings. The number of para-hydroxylation sites is 1. The highest BCUT2D eigenvalue weighted by Gasteiger charge is 2.42. The standard InChI is InChI=1S/C14H10F3NO2/c15-14(16,17)13(18-19)10-6-8-12(9-7-10)20-11-4-2-1-3-5-11/h1-9,13H. The van der Waals surface area contributed by atoms with Gasteiger partial charge in [-0.05, 0) is 29.8 Å². The third-order valence-electron chi connectivity index (χ3n) is 2.59. The van der Waals surface area contributed by atoms with Gasteiger partial charge in [0, 0.05) is 0 Å². The Kier molecular flexibility index (Phi) is 4.02. The highest BCUT2D eigenvalue weighted by molar-refractivity contribution is 5.34. The van der Waals surface area contributed by atoms with E-state index in [0.29, 0.717) is 11.5 Å². The minimum Gasteiger partial charge on any atom is -0.457 e. The van der Waals surface area contributed by atoms with Gasteiger partial charge in [0.15, 0.2) is 0 Å². The molecule has 0 amide bonds. The first-order chi connectivity index (χ1) is 9.50. The van der Waals surface area contributed by atoms with E-state index in [9.17, 15) is 18.1 Å². The fraction of sp³-hybridized carbons (Fsp3) is 0.143. The molecular formula is C14H10F3NO2. The van der Waals surface area contributed by atoms with Crippen LogP contribution < -0.4 is 4.74 Å². The first kappa shape index (κ1) is 14.0. The molecule has 0 radical (unpaired) electrons. The third-order valence-corrected chi connectivity index (χ3v) is 2.59. The van der Waals surface area contributed by atoms with Gasteiger partial charge in [0.25, 0.3) is 0 Å². The van der Waals surface area contributed by atoms with Gasteiger partial charge in [-0.15, -0.1) is 4.91 Å². The van der Waals surface area contributed by atoms with E-state index in [0.717, 1.165) is 0 Å². The van der Waals surface area contributed by atoms with E-state index < -0.39 is 12.2 Å². The number of halogens is 3. The summed E-state index contributed by atoms with van der Waals surface area (Å²) in [6.45, 7) is 0. The van der Waals surface area contributed by atoms with Crippen LogP contribution >= 0.6 is 0 Å². The number of hydrogen-bond acceptors (Lipinski definition) is 3. The van der Waals surface area contributed by atoms with Crippen molar-refractivity contribution >= 4 is 0 Å². The van der Waals surface area contributed by atoms with Crippen LogP contribution in [0.25, 0.3) is 0 Å². The van der Waals surface area contributed by atoms with Crippen LogP contribution in [0.2, 0.25) is 0 Å². The summed E-state index contributed by atoms with van der Waals surface area (Å²) in [5, 5.41) is 2.13. The molecule has 104 valence electrons. The van der Waals surface area contributed by atoms with Crippen molar-refractivity contribution in [2.24, 2.45) is 5.18 Å². The average molecular weight is 281 g/mol. The number of rotatable bonds is 4.